The number of phenolic OH excluding ortho intramolecular Hbond substituents is 1. The number of hydrogen-bond acceptors (Lipinski definition) is 18. The molecule has 314 valence electrons. The monoisotopic (exact) mass is 907 g/mol. The molecule has 0 saturated heterocycles. The molecule has 0 unspecified atom stereocenters. The molecule has 0 amide bonds. The number of hydrogen-bond donors (Lipinski definition) is 5. The van der Waals surface area contributed by atoms with Gasteiger partial charge < -0.3 is 14.9 Å². The molecule has 0 fully saturated rings. The highest BCUT2D eigenvalue weighted by Gasteiger charge is 2.23. The summed E-state index contributed by atoms with van der Waals surface area (Å²) >= 11 is 1.33. The lowest BCUT2D eigenvalue weighted by molar-refractivity contribution is 0.317. The number of thiazole rings is 1. The minimum atomic E-state index is -5.04. The first-order valence-electron chi connectivity index (χ1n) is 17.3. The molecule has 0 radical (unpaired) electrons. The van der Waals surface area contributed by atoms with Crippen molar-refractivity contribution >= 4 is 96.2 Å². The zero-order valence-electron chi connectivity index (χ0n) is 31.0. The second-order valence-corrected chi connectivity index (χ2v) is 18.2. The van der Waals surface area contributed by atoms with Crippen molar-refractivity contribution in [3.8, 4) is 23.1 Å². The van der Waals surface area contributed by atoms with Gasteiger partial charge in [0.05, 0.1) is 45.0 Å². The van der Waals surface area contributed by atoms with Gasteiger partial charge in [0, 0.05) is 16.8 Å². The molecule has 0 spiro atoms. The summed E-state index contributed by atoms with van der Waals surface area (Å²) in [5, 5.41) is 50.8. The van der Waals surface area contributed by atoms with Gasteiger partial charge in [-0.2, -0.15) is 35.0 Å². The van der Waals surface area contributed by atoms with E-state index >= 15 is 0 Å². The van der Waals surface area contributed by atoms with Crippen molar-refractivity contribution in [3.63, 3.8) is 0 Å². The lowest BCUT2D eigenvalue weighted by Crippen LogP contribution is -2.08. The van der Waals surface area contributed by atoms with Gasteiger partial charge in [0.25, 0.3) is 30.4 Å². The Morgan fingerprint density at radius 1 is 0.705 bits per heavy atom. The first-order valence-corrected chi connectivity index (χ1v) is 22.6. The zero-order chi connectivity index (χ0) is 43.7. The van der Waals surface area contributed by atoms with Crippen LogP contribution in [0.3, 0.4) is 0 Å². The lowest BCUT2D eigenvalue weighted by atomic mass is 10.1. The van der Waals surface area contributed by atoms with Gasteiger partial charge in [-0.3, -0.25) is 13.7 Å². The maximum absolute atomic E-state index is 12.7. The number of fused-ring (bicyclic) bond motifs is 2. The summed E-state index contributed by atoms with van der Waals surface area (Å²) in [5.74, 6) is -1.58. The van der Waals surface area contributed by atoms with E-state index in [1.165, 1.54) is 47.7 Å². The van der Waals surface area contributed by atoms with Crippen LogP contribution in [0.25, 0.3) is 26.7 Å². The van der Waals surface area contributed by atoms with Gasteiger partial charge in [-0.1, -0.05) is 29.5 Å². The molecule has 0 aliphatic carbocycles. The van der Waals surface area contributed by atoms with E-state index in [0.717, 1.165) is 39.3 Å². The summed E-state index contributed by atoms with van der Waals surface area (Å²) in [4.78, 5) is 3.30. The number of benzene rings is 5. The van der Waals surface area contributed by atoms with E-state index < -0.39 is 57.5 Å². The fourth-order valence-corrected chi connectivity index (χ4v) is 8.30. The molecule has 5 N–H and O–H groups in total. The van der Waals surface area contributed by atoms with Crippen molar-refractivity contribution in [3.05, 3.63) is 96.7 Å². The van der Waals surface area contributed by atoms with Crippen LogP contribution in [0.5, 0.6) is 17.4 Å². The average molecular weight is 908 g/mol. The van der Waals surface area contributed by atoms with Gasteiger partial charge in [-0.25, -0.2) is 4.98 Å². The fourth-order valence-electron chi connectivity index (χ4n) is 5.72. The first-order chi connectivity index (χ1) is 28.9. The highest BCUT2D eigenvalue weighted by Crippen LogP contribution is 2.43. The maximum atomic E-state index is 12.7. The van der Waals surface area contributed by atoms with Crippen molar-refractivity contribution in [1.82, 2.24) is 14.8 Å². The van der Waals surface area contributed by atoms with Crippen LogP contribution in [0.15, 0.2) is 132 Å². The summed E-state index contributed by atoms with van der Waals surface area (Å²) in [5.41, 5.74) is 1.21. The minimum absolute atomic E-state index is 0.0733. The number of phenols is 1. The molecule has 0 atom stereocenters. The fraction of sp³-hybridized carbons (Fsp3) is 0.111. The Hall–Kier alpha value is -6.61. The van der Waals surface area contributed by atoms with Crippen molar-refractivity contribution in [2.24, 2.45) is 30.7 Å². The molecule has 2 heterocycles. The Labute approximate surface area is 349 Å². The second kappa shape index (κ2) is 16.8. The topological polar surface area (TPSA) is 318 Å². The summed E-state index contributed by atoms with van der Waals surface area (Å²) < 4.78 is 107. The molecule has 7 rings (SSSR count). The average Bonchev–Trinajstić information content (AvgIpc) is 3.79. The highest BCUT2D eigenvalue weighted by molar-refractivity contribution is 7.86. The van der Waals surface area contributed by atoms with E-state index in [9.17, 15) is 44.6 Å². The molecule has 61 heavy (non-hydrogen) atoms. The summed E-state index contributed by atoms with van der Waals surface area (Å²) in [6.07, 6.45) is 1.00. The first kappa shape index (κ1) is 42.5. The molecule has 0 aliphatic heterocycles. The molecule has 0 bridgehead atoms. The summed E-state index contributed by atoms with van der Waals surface area (Å²) in [6.45, 7) is 1.56. The Bertz CT molecular complexity index is 3250. The van der Waals surface area contributed by atoms with Crippen LogP contribution in [-0.2, 0) is 30.4 Å². The Kier molecular flexibility index (Phi) is 11.7. The van der Waals surface area contributed by atoms with Crippen LogP contribution in [0.2, 0.25) is 0 Å². The quantitative estimate of drug-likeness (QED) is 0.0387. The van der Waals surface area contributed by atoms with E-state index in [2.05, 4.69) is 40.8 Å². The molecule has 21 nitrogen and oxygen atoms in total. The molecule has 2 aromatic heterocycles. The standard InChI is InChI=1S/C36H29N9O12S4/c1-20-17-29(31(57-15-4-16-59(48,49)50)18-28(20)41-44-36-38-25-5-2-3-6-32(25)58-36)42-39-26-13-12-24-23(33(26)46)11-14-27(34(24)61(54,55)56)40-43-30-19-37-45(35(30)47)21-7-9-22(10-8-21)60(51,52)53/h2-3,5-14,17-19,46-47H,4,15-16H2,1H3,(H,48,49,50)(H,51,52,53)(H,54,55,56). The second-order valence-electron chi connectivity index (χ2n) is 12.8. The van der Waals surface area contributed by atoms with Crippen molar-refractivity contribution in [2.45, 2.75) is 23.1 Å². The number of para-hydroxylation sites is 1. The Morgan fingerprint density at radius 3 is 2.07 bits per heavy atom. The van der Waals surface area contributed by atoms with Crippen LogP contribution in [0.4, 0.5) is 33.6 Å². The third-order valence-electron chi connectivity index (χ3n) is 8.58. The number of aryl methyl sites for hydroxylation is 1. The van der Waals surface area contributed by atoms with Crippen molar-refractivity contribution in [2.75, 3.05) is 12.4 Å². The smallest absolute Gasteiger partial charge is 0.297 e. The Morgan fingerprint density at radius 2 is 1.36 bits per heavy atom. The number of aromatic hydroxyl groups is 2. The van der Waals surface area contributed by atoms with Gasteiger partial charge in [0.2, 0.25) is 11.0 Å². The SMILES string of the molecule is Cc1cc(N=Nc2ccc3c(S(=O)(=O)O)c(N=Nc4cnn(-c5ccc(S(=O)(=O)O)cc5)c4O)ccc3c2O)c(OCCCS(=O)(=O)O)cc1N=Nc1nc2ccccc2s1. The maximum Gasteiger partial charge on any atom is 0.297 e. The number of nitrogens with zero attached hydrogens (tertiary/aromatic N) is 9. The van der Waals surface area contributed by atoms with Crippen molar-refractivity contribution in [1.29, 1.82) is 0 Å². The summed E-state index contributed by atoms with van der Waals surface area (Å²) in [6, 6.07) is 20.1. The number of ether oxygens (including phenoxy) is 1. The van der Waals surface area contributed by atoms with E-state index in [0.29, 0.717) is 16.4 Å². The summed E-state index contributed by atoms with van der Waals surface area (Å²) in [7, 11) is -13.8. The van der Waals surface area contributed by atoms with Crippen molar-refractivity contribution < 1.29 is 53.9 Å². The molecule has 5 aromatic carbocycles. The number of aromatic nitrogens is 3. The van der Waals surface area contributed by atoms with E-state index in [4.69, 9.17) is 9.29 Å². The predicted octanol–water partition coefficient (Wildman–Crippen LogP) is 8.75. The van der Waals surface area contributed by atoms with Crippen LogP contribution in [0.1, 0.15) is 12.0 Å². The zero-order valence-corrected chi connectivity index (χ0v) is 34.3. The van der Waals surface area contributed by atoms with E-state index in [1.807, 2.05) is 24.3 Å². The molecule has 0 aliphatic rings. The van der Waals surface area contributed by atoms with Crippen LogP contribution < -0.4 is 4.74 Å². The molecule has 0 saturated carbocycles. The Balaban J connectivity index is 1.19. The number of rotatable bonds is 14. The minimum Gasteiger partial charge on any atom is -0.505 e. The molecule has 25 heteroatoms. The van der Waals surface area contributed by atoms with E-state index in [-0.39, 0.29) is 58.0 Å². The van der Waals surface area contributed by atoms with Gasteiger partial charge in [-0.05, 0) is 79.6 Å². The third kappa shape index (κ3) is 9.73. The number of azo groups is 3. The van der Waals surface area contributed by atoms with Gasteiger partial charge >= 0.3 is 0 Å². The van der Waals surface area contributed by atoms with Gasteiger partial charge in [-0.15, -0.1) is 30.7 Å². The molecule has 7 aromatic rings. The van der Waals surface area contributed by atoms with E-state index in [1.54, 1.807) is 13.0 Å². The largest absolute Gasteiger partial charge is 0.505 e. The normalized spacial score (nSPS) is 12.8. The van der Waals surface area contributed by atoms with Gasteiger partial charge in [0.15, 0.2) is 11.4 Å². The molecular formula is C36H29N9O12S4. The third-order valence-corrected chi connectivity index (χ3v) is 12.1. The predicted molar refractivity (Wildman–Crippen MR) is 220 cm³/mol. The van der Waals surface area contributed by atoms with Crippen LogP contribution in [-0.4, -0.2) is 76.2 Å². The van der Waals surface area contributed by atoms with Crippen LogP contribution in [0, 0.1) is 6.92 Å². The lowest BCUT2D eigenvalue weighted by Gasteiger charge is -2.11. The molecular weight excluding hydrogens is 879 g/mol. The van der Waals surface area contributed by atoms with Gasteiger partial charge in [0.1, 0.15) is 27.7 Å². The van der Waals surface area contributed by atoms with Crippen LogP contribution >= 0.6 is 11.3 Å². The highest BCUT2D eigenvalue weighted by atomic mass is 32.2.